The van der Waals surface area contributed by atoms with Crippen molar-refractivity contribution in [2.75, 3.05) is 67.5 Å². The van der Waals surface area contributed by atoms with E-state index >= 15 is 0 Å². The number of morpholine rings is 2. The first-order valence-electron chi connectivity index (χ1n) is 13.6. The third-order valence-electron chi connectivity index (χ3n) is 7.24. The first kappa shape index (κ1) is 30.0. The van der Waals surface area contributed by atoms with Crippen LogP contribution in [0.25, 0.3) is 0 Å². The first-order chi connectivity index (χ1) is 20.0. The Bertz CT molecular complexity index is 1660. The molecule has 2 aliphatic rings. The average Bonchev–Trinajstić information content (AvgIpc) is 2.99. The van der Waals surface area contributed by atoms with Crippen LogP contribution in [0.1, 0.15) is 21.5 Å². The van der Waals surface area contributed by atoms with Crippen LogP contribution in [0.5, 0.6) is 0 Å². The van der Waals surface area contributed by atoms with Crippen molar-refractivity contribution in [1.82, 2.24) is 4.31 Å². The molecule has 0 aliphatic carbocycles. The second-order valence-electron chi connectivity index (χ2n) is 10.2. The Balaban J connectivity index is 1.47. The molecule has 224 valence electrons. The lowest BCUT2D eigenvalue weighted by Crippen LogP contribution is -2.40. The van der Waals surface area contributed by atoms with Gasteiger partial charge in [0.15, 0.2) is 0 Å². The van der Waals surface area contributed by atoms with E-state index in [0.29, 0.717) is 62.1 Å². The largest absolute Gasteiger partial charge is 0.379 e. The number of carbonyl (C=O) groups excluding carboxylic acids is 1. The molecule has 1 amide bonds. The fourth-order valence-corrected chi connectivity index (χ4v) is 7.35. The number of nitrogens with zero attached hydrogens (tertiary/aromatic N) is 2. The minimum Gasteiger partial charge on any atom is -0.379 e. The van der Waals surface area contributed by atoms with Crippen molar-refractivity contribution in [3.8, 4) is 0 Å². The molecule has 2 fully saturated rings. The molecule has 0 saturated carbocycles. The molecule has 2 aliphatic heterocycles. The van der Waals surface area contributed by atoms with Crippen LogP contribution in [-0.2, 0) is 29.5 Å². The van der Waals surface area contributed by atoms with Crippen LogP contribution >= 0.6 is 0 Å². The Morgan fingerprint density at radius 2 is 1.38 bits per heavy atom. The number of benzene rings is 3. The third-order valence-corrected chi connectivity index (χ3v) is 10.5. The molecule has 5 rings (SSSR count). The summed E-state index contributed by atoms with van der Waals surface area (Å²) in [6, 6.07) is 16.0. The number of hydrogen-bond donors (Lipinski definition) is 2. The maximum absolute atomic E-state index is 13.7. The van der Waals surface area contributed by atoms with Crippen molar-refractivity contribution in [2.45, 2.75) is 23.6 Å². The van der Waals surface area contributed by atoms with E-state index in [1.807, 2.05) is 11.8 Å². The topological polar surface area (TPSA) is 134 Å². The minimum absolute atomic E-state index is 0.0482. The van der Waals surface area contributed by atoms with Gasteiger partial charge in [0.05, 0.1) is 47.6 Å². The second kappa shape index (κ2) is 12.4. The van der Waals surface area contributed by atoms with Crippen LogP contribution < -0.4 is 14.9 Å². The Kier molecular flexibility index (Phi) is 8.85. The van der Waals surface area contributed by atoms with E-state index in [4.69, 9.17) is 9.47 Å². The lowest BCUT2D eigenvalue weighted by Gasteiger charge is -2.31. The maximum atomic E-state index is 13.7. The molecule has 3 aromatic carbocycles. The molecule has 0 aromatic heterocycles. The fraction of sp³-hybridized carbons (Fsp3) is 0.345. The number of nitrogens with one attached hydrogen (secondary N) is 2. The number of sulfonamides is 2. The summed E-state index contributed by atoms with van der Waals surface area (Å²) in [6.45, 7) is 6.84. The first-order valence-corrected chi connectivity index (χ1v) is 16.5. The van der Waals surface area contributed by atoms with Gasteiger partial charge in [0.25, 0.3) is 15.9 Å². The molecular weight excluding hydrogens is 580 g/mol. The lowest BCUT2D eigenvalue weighted by molar-refractivity contribution is 0.0730. The van der Waals surface area contributed by atoms with Gasteiger partial charge >= 0.3 is 0 Å². The third kappa shape index (κ3) is 6.60. The highest BCUT2D eigenvalue weighted by atomic mass is 32.2. The SMILES string of the molecule is Cc1ccc(NS(=O)(=O)c2ccc(C)c(C(=O)Nc3cc(S(=O)(=O)N4CCOCC4)ccc3N3CCOCC3)c2)cc1. The molecule has 0 bridgehead atoms. The summed E-state index contributed by atoms with van der Waals surface area (Å²) in [7, 11) is -7.81. The smallest absolute Gasteiger partial charge is 0.261 e. The van der Waals surface area contributed by atoms with Crippen LogP contribution in [0.3, 0.4) is 0 Å². The zero-order valence-electron chi connectivity index (χ0n) is 23.5. The van der Waals surface area contributed by atoms with Gasteiger partial charge in [-0.05, 0) is 61.9 Å². The van der Waals surface area contributed by atoms with Gasteiger partial charge < -0.3 is 19.7 Å². The monoisotopic (exact) mass is 614 g/mol. The molecule has 3 aromatic rings. The van der Waals surface area contributed by atoms with Crippen LogP contribution in [0.2, 0.25) is 0 Å². The van der Waals surface area contributed by atoms with Gasteiger partial charge in [-0.3, -0.25) is 9.52 Å². The summed E-state index contributed by atoms with van der Waals surface area (Å²) in [5.41, 5.74) is 3.06. The second-order valence-corrected chi connectivity index (χ2v) is 13.8. The Morgan fingerprint density at radius 1 is 0.762 bits per heavy atom. The Labute approximate surface area is 246 Å². The molecule has 42 heavy (non-hydrogen) atoms. The van der Waals surface area contributed by atoms with Crippen LogP contribution in [0, 0.1) is 13.8 Å². The summed E-state index contributed by atoms with van der Waals surface area (Å²) in [4.78, 5) is 15.7. The molecule has 2 saturated heterocycles. The molecule has 13 heteroatoms. The van der Waals surface area contributed by atoms with Crippen molar-refractivity contribution in [1.29, 1.82) is 0 Å². The van der Waals surface area contributed by atoms with Crippen molar-refractivity contribution in [2.24, 2.45) is 0 Å². The molecule has 11 nitrogen and oxygen atoms in total. The number of rotatable bonds is 8. The van der Waals surface area contributed by atoms with E-state index < -0.39 is 26.0 Å². The summed E-state index contributed by atoms with van der Waals surface area (Å²) >= 11 is 0. The Hall–Kier alpha value is -3.49. The van der Waals surface area contributed by atoms with Gasteiger partial charge in [-0.25, -0.2) is 16.8 Å². The van der Waals surface area contributed by atoms with Crippen LogP contribution in [-0.4, -0.2) is 79.7 Å². The number of carbonyl (C=O) groups is 1. The van der Waals surface area contributed by atoms with Crippen molar-refractivity contribution < 1.29 is 31.1 Å². The lowest BCUT2D eigenvalue weighted by atomic mass is 10.1. The Morgan fingerprint density at radius 3 is 2.05 bits per heavy atom. The molecule has 0 atom stereocenters. The van der Waals surface area contributed by atoms with E-state index in [2.05, 4.69) is 10.0 Å². The van der Waals surface area contributed by atoms with Gasteiger partial charge in [-0.1, -0.05) is 23.8 Å². The zero-order chi connectivity index (χ0) is 29.9. The van der Waals surface area contributed by atoms with E-state index in [9.17, 15) is 21.6 Å². The molecule has 0 radical (unpaired) electrons. The number of hydrogen-bond acceptors (Lipinski definition) is 8. The van der Waals surface area contributed by atoms with E-state index in [-0.39, 0.29) is 28.4 Å². The van der Waals surface area contributed by atoms with Gasteiger partial charge in [0, 0.05) is 37.4 Å². The van der Waals surface area contributed by atoms with Gasteiger partial charge in [-0.2, -0.15) is 4.31 Å². The number of anilines is 3. The molecule has 2 N–H and O–H groups in total. The summed E-state index contributed by atoms with van der Waals surface area (Å²) in [5, 5.41) is 2.87. The predicted molar refractivity (Wildman–Crippen MR) is 160 cm³/mol. The number of ether oxygens (including phenoxy) is 2. The summed E-state index contributed by atoms with van der Waals surface area (Å²) in [6.07, 6.45) is 0. The zero-order valence-corrected chi connectivity index (χ0v) is 25.1. The van der Waals surface area contributed by atoms with Crippen molar-refractivity contribution in [3.63, 3.8) is 0 Å². The normalized spacial score (nSPS) is 16.7. The molecule has 2 heterocycles. The van der Waals surface area contributed by atoms with Crippen LogP contribution in [0.4, 0.5) is 17.1 Å². The van der Waals surface area contributed by atoms with Gasteiger partial charge in [-0.15, -0.1) is 0 Å². The molecule has 0 spiro atoms. The standard InChI is InChI=1S/C29H34N4O7S2/c1-21-3-6-23(7-4-21)31-41(35,36)24-8-5-22(2)26(19-24)29(34)30-27-20-25(42(37,38)33-13-17-40-18-14-33)9-10-28(27)32-11-15-39-16-12-32/h3-10,19-20,31H,11-18H2,1-2H3,(H,30,34). The highest BCUT2D eigenvalue weighted by molar-refractivity contribution is 7.92. The van der Waals surface area contributed by atoms with Crippen molar-refractivity contribution >= 4 is 43.0 Å². The summed E-state index contributed by atoms with van der Waals surface area (Å²) in [5.74, 6) is -0.560. The number of amides is 1. The van der Waals surface area contributed by atoms with Crippen LogP contribution in [0.15, 0.2) is 70.5 Å². The van der Waals surface area contributed by atoms with Gasteiger partial charge in [0.1, 0.15) is 0 Å². The molecular formula is C29H34N4O7S2. The number of aryl methyl sites for hydroxylation is 2. The average molecular weight is 615 g/mol. The van der Waals surface area contributed by atoms with E-state index in [1.54, 1.807) is 49.4 Å². The van der Waals surface area contributed by atoms with E-state index in [0.717, 1.165) is 5.56 Å². The summed E-state index contributed by atoms with van der Waals surface area (Å²) < 4.78 is 67.8. The highest BCUT2D eigenvalue weighted by Crippen LogP contribution is 2.32. The predicted octanol–water partition coefficient (Wildman–Crippen LogP) is 3.21. The van der Waals surface area contributed by atoms with Gasteiger partial charge in [0.2, 0.25) is 10.0 Å². The highest BCUT2D eigenvalue weighted by Gasteiger charge is 2.28. The fourth-order valence-electron chi connectivity index (χ4n) is 4.83. The molecule has 0 unspecified atom stereocenters. The van der Waals surface area contributed by atoms with E-state index in [1.165, 1.54) is 22.5 Å². The maximum Gasteiger partial charge on any atom is 0.261 e. The van der Waals surface area contributed by atoms with Crippen molar-refractivity contribution in [3.05, 3.63) is 77.4 Å². The quantitative estimate of drug-likeness (QED) is 0.395. The minimum atomic E-state index is -3.98.